The van der Waals surface area contributed by atoms with Gasteiger partial charge >= 0.3 is 10.1 Å². The van der Waals surface area contributed by atoms with E-state index in [1.165, 1.54) is 30.3 Å². The quantitative estimate of drug-likeness (QED) is 0.0516. The Morgan fingerprint density at radius 3 is 1.65 bits per heavy atom. The van der Waals surface area contributed by atoms with Crippen LogP contribution in [-0.2, 0) is 30.4 Å². The van der Waals surface area contributed by atoms with Crippen LogP contribution in [0, 0.1) is 20.8 Å². The van der Waals surface area contributed by atoms with E-state index in [-0.39, 0.29) is 56.7 Å². The van der Waals surface area contributed by atoms with Crippen LogP contribution < -0.4 is 4.18 Å². The molecule has 18 heteroatoms. The number of azo groups is 2. The molecule has 0 spiro atoms. The molecule has 0 saturated carbocycles. The maximum Gasteiger partial charge on any atom is 0.339 e. The van der Waals surface area contributed by atoms with Crippen LogP contribution in [0.1, 0.15) is 16.7 Å². The summed E-state index contributed by atoms with van der Waals surface area (Å²) in [5.74, 6) is -0.360. The Bertz CT molecular complexity index is 2850. The fourth-order valence-electron chi connectivity index (χ4n) is 5.38. The van der Waals surface area contributed by atoms with E-state index in [0.717, 1.165) is 34.4 Å². The Hall–Kier alpha value is -4.85. The molecular formula is C37H30N4NaO10S3. The third-order valence-electron chi connectivity index (χ3n) is 8.19. The monoisotopic (exact) mass is 809 g/mol. The van der Waals surface area contributed by atoms with E-state index in [2.05, 4.69) is 20.5 Å². The van der Waals surface area contributed by atoms with E-state index in [4.69, 9.17) is 4.18 Å². The number of benzene rings is 6. The first-order valence-corrected chi connectivity index (χ1v) is 20.1. The van der Waals surface area contributed by atoms with E-state index in [0.29, 0.717) is 28.7 Å². The average molecular weight is 810 g/mol. The molecule has 1 radical (unpaired) electrons. The summed E-state index contributed by atoms with van der Waals surface area (Å²) >= 11 is 0. The van der Waals surface area contributed by atoms with Gasteiger partial charge in [-0.2, -0.15) is 40.6 Å². The van der Waals surface area contributed by atoms with E-state index in [9.17, 15) is 39.5 Å². The van der Waals surface area contributed by atoms with Crippen molar-refractivity contribution in [2.24, 2.45) is 20.5 Å². The summed E-state index contributed by atoms with van der Waals surface area (Å²) in [7, 11) is -13.9. The summed E-state index contributed by atoms with van der Waals surface area (Å²) < 4.78 is 97.7. The molecule has 0 heterocycles. The van der Waals surface area contributed by atoms with Crippen molar-refractivity contribution in [3.05, 3.63) is 126 Å². The Balaban J connectivity index is 0.00000580. The standard InChI is InChI=1S/C37H30N4O10S3.Na/c1-22-4-13-30(14-5-22)54(49,50)51-29-11-9-28(10-12-29)38-39-32-15-6-25(18-23(32)2)26-7-16-33(24(3)19-26)40-41-37-34(42)17-8-27-20-31(52(43,44)45)21-35(36(27)37)53(46,47)48;/h4-21,42H,1-3H3,(H,43,44,45)(H,46,47,48);. The molecule has 0 bridgehead atoms. The van der Waals surface area contributed by atoms with Crippen LogP contribution in [0.2, 0.25) is 0 Å². The second kappa shape index (κ2) is 16.1. The Morgan fingerprint density at radius 1 is 0.564 bits per heavy atom. The van der Waals surface area contributed by atoms with Gasteiger partial charge in [0.05, 0.1) is 22.0 Å². The van der Waals surface area contributed by atoms with Crippen molar-refractivity contribution in [1.29, 1.82) is 0 Å². The second-order valence-electron chi connectivity index (χ2n) is 12.1. The van der Waals surface area contributed by atoms with Crippen molar-refractivity contribution in [1.82, 2.24) is 0 Å². The first-order valence-electron chi connectivity index (χ1n) is 15.8. The number of aryl methyl sites for hydroxylation is 3. The van der Waals surface area contributed by atoms with E-state index in [1.807, 2.05) is 32.0 Å². The Kier molecular flexibility index (Phi) is 12.1. The number of hydrogen-bond acceptors (Lipinski definition) is 12. The van der Waals surface area contributed by atoms with Gasteiger partial charge in [0.1, 0.15) is 27.0 Å². The SMILES string of the molecule is Cc1ccc(S(=O)(=O)Oc2ccc(N=Nc3ccc(-c4ccc(N=Nc5c(O)ccc6cc(S(=O)(=O)O)cc(S(=O)(=O)O)c56)c(C)c4)cc3C)cc2)cc1.[Na]. The van der Waals surface area contributed by atoms with E-state index < -0.39 is 45.9 Å². The van der Waals surface area contributed by atoms with Gasteiger partial charge in [-0.05, 0) is 127 Å². The number of aromatic hydroxyl groups is 1. The van der Waals surface area contributed by atoms with Crippen LogP contribution in [0.3, 0.4) is 0 Å². The molecule has 6 aromatic rings. The maximum absolute atomic E-state index is 12.6. The van der Waals surface area contributed by atoms with Crippen molar-refractivity contribution in [3.8, 4) is 22.6 Å². The smallest absolute Gasteiger partial charge is 0.339 e. The zero-order valence-electron chi connectivity index (χ0n) is 29.6. The summed E-state index contributed by atoms with van der Waals surface area (Å²) in [4.78, 5) is -1.62. The molecule has 55 heavy (non-hydrogen) atoms. The zero-order chi connectivity index (χ0) is 39.0. The van der Waals surface area contributed by atoms with Gasteiger partial charge in [-0.1, -0.05) is 35.9 Å². The van der Waals surface area contributed by atoms with Crippen molar-refractivity contribution in [2.75, 3.05) is 0 Å². The summed E-state index contributed by atoms with van der Waals surface area (Å²) in [5, 5.41) is 27.1. The van der Waals surface area contributed by atoms with Gasteiger partial charge in [0.25, 0.3) is 20.2 Å². The molecule has 277 valence electrons. The number of phenolic OH excluding ortho intramolecular Hbond substituents is 1. The normalized spacial score (nSPS) is 12.3. The minimum Gasteiger partial charge on any atom is -0.506 e. The number of phenols is 1. The molecule has 6 rings (SSSR count). The number of hydrogen-bond donors (Lipinski definition) is 3. The van der Waals surface area contributed by atoms with Crippen molar-refractivity contribution < 1.29 is 43.6 Å². The summed E-state index contributed by atoms with van der Waals surface area (Å²) in [6, 6.07) is 27.3. The third-order valence-corrected chi connectivity index (χ3v) is 11.2. The van der Waals surface area contributed by atoms with Crippen LogP contribution in [0.4, 0.5) is 22.7 Å². The molecule has 0 aromatic heterocycles. The predicted octanol–water partition coefficient (Wildman–Crippen LogP) is 8.85. The molecule has 0 aliphatic carbocycles. The zero-order valence-corrected chi connectivity index (χ0v) is 34.1. The molecule has 0 fully saturated rings. The van der Waals surface area contributed by atoms with Crippen LogP contribution >= 0.6 is 0 Å². The molecule has 14 nitrogen and oxygen atoms in total. The third kappa shape index (κ3) is 9.52. The minimum absolute atomic E-state index is 0. The Morgan fingerprint density at radius 2 is 1.13 bits per heavy atom. The summed E-state index contributed by atoms with van der Waals surface area (Å²) in [5.41, 5.74) is 5.20. The van der Waals surface area contributed by atoms with E-state index >= 15 is 0 Å². The molecule has 0 amide bonds. The first-order chi connectivity index (χ1) is 25.4. The number of nitrogens with zero attached hydrogens (tertiary/aromatic N) is 4. The van der Waals surface area contributed by atoms with Gasteiger partial charge in [0, 0.05) is 34.9 Å². The maximum atomic E-state index is 12.6. The summed E-state index contributed by atoms with van der Waals surface area (Å²) in [6.07, 6.45) is 0. The topological polar surface area (TPSA) is 222 Å². The molecule has 0 saturated heterocycles. The largest absolute Gasteiger partial charge is 0.506 e. The fraction of sp³-hybridized carbons (Fsp3) is 0.0811. The van der Waals surface area contributed by atoms with Crippen molar-refractivity contribution >= 4 is 93.4 Å². The van der Waals surface area contributed by atoms with Gasteiger partial charge < -0.3 is 9.29 Å². The fourth-order valence-corrected chi connectivity index (χ4v) is 7.68. The van der Waals surface area contributed by atoms with Gasteiger partial charge in [0.15, 0.2) is 0 Å². The first kappa shape index (κ1) is 41.3. The number of fused-ring (bicyclic) bond motifs is 1. The van der Waals surface area contributed by atoms with Crippen molar-refractivity contribution in [2.45, 2.75) is 35.5 Å². The van der Waals surface area contributed by atoms with Gasteiger partial charge in [-0.15, -0.1) is 5.11 Å². The second-order valence-corrected chi connectivity index (χ2v) is 16.5. The molecule has 3 N–H and O–H groups in total. The molecule has 0 unspecified atom stereocenters. The van der Waals surface area contributed by atoms with Gasteiger partial charge in [-0.3, -0.25) is 9.11 Å². The minimum atomic E-state index is -5.04. The summed E-state index contributed by atoms with van der Waals surface area (Å²) in [6.45, 7) is 5.50. The molecular weight excluding hydrogens is 780 g/mol. The van der Waals surface area contributed by atoms with Crippen LogP contribution in [0.25, 0.3) is 21.9 Å². The Labute approximate surface area is 339 Å². The van der Waals surface area contributed by atoms with Crippen LogP contribution in [-0.4, -0.2) is 69.0 Å². The molecule has 0 aliphatic rings. The molecule has 0 aliphatic heterocycles. The van der Waals surface area contributed by atoms with Gasteiger partial charge in [-0.25, -0.2) is 0 Å². The molecule has 0 atom stereocenters. The van der Waals surface area contributed by atoms with Crippen LogP contribution in [0.15, 0.2) is 144 Å². The average Bonchev–Trinajstić information content (AvgIpc) is 3.10. The van der Waals surface area contributed by atoms with Crippen LogP contribution in [0.5, 0.6) is 11.5 Å². The van der Waals surface area contributed by atoms with E-state index in [1.54, 1.807) is 49.4 Å². The molecule has 6 aromatic carbocycles. The number of rotatable bonds is 10. The van der Waals surface area contributed by atoms with Gasteiger partial charge in [0.2, 0.25) is 0 Å². The predicted molar refractivity (Wildman–Crippen MR) is 206 cm³/mol. The van der Waals surface area contributed by atoms with Crippen molar-refractivity contribution in [3.63, 3.8) is 0 Å².